The number of hydrogen-bond donors (Lipinski definition) is 1. The van der Waals surface area contributed by atoms with Gasteiger partial charge in [0.15, 0.2) is 0 Å². The van der Waals surface area contributed by atoms with Gasteiger partial charge in [-0.25, -0.2) is 4.79 Å². The summed E-state index contributed by atoms with van der Waals surface area (Å²) in [5, 5.41) is 8.80. The highest BCUT2D eigenvalue weighted by Gasteiger charge is 2.08. The number of carbonyl (C=O) groups is 1. The fraction of sp³-hybridized carbons (Fsp3) is 0. The number of rotatable bonds is 1. The minimum atomic E-state index is -0.974. The number of carboxylic acid groups (broad SMARTS) is 1. The van der Waals surface area contributed by atoms with E-state index in [1.54, 1.807) is 6.20 Å². The third-order valence-electron chi connectivity index (χ3n) is 1.77. The van der Waals surface area contributed by atoms with E-state index in [-0.39, 0.29) is 5.56 Å². The van der Waals surface area contributed by atoms with Crippen molar-refractivity contribution in [3.05, 3.63) is 34.6 Å². The van der Waals surface area contributed by atoms with Crippen LogP contribution in [0.15, 0.2) is 29.0 Å². The van der Waals surface area contributed by atoms with Crippen LogP contribution in [0.1, 0.15) is 10.4 Å². The largest absolute Gasteiger partial charge is 0.478 e. The van der Waals surface area contributed by atoms with Gasteiger partial charge in [0, 0.05) is 16.9 Å². The van der Waals surface area contributed by atoms with Gasteiger partial charge in [0.2, 0.25) is 0 Å². The van der Waals surface area contributed by atoms with Gasteiger partial charge in [-0.15, -0.1) is 0 Å². The van der Waals surface area contributed by atoms with Crippen molar-refractivity contribution in [1.29, 1.82) is 0 Å². The first-order valence-corrected chi connectivity index (χ1v) is 4.61. The lowest BCUT2D eigenvalue weighted by Gasteiger charge is -2.00. The van der Waals surface area contributed by atoms with Crippen molar-refractivity contribution in [2.45, 2.75) is 0 Å². The molecule has 1 aromatic carbocycles. The molecule has 0 saturated heterocycles. The maximum absolute atomic E-state index is 10.7. The predicted octanol–water partition coefficient (Wildman–Crippen LogP) is 2.09. The summed E-state index contributed by atoms with van der Waals surface area (Å²) in [6.07, 6.45) is 3.09. The molecule has 0 radical (unpaired) electrons. The molecule has 0 aliphatic rings. The van der Waals surface area contributed by atoms with Gasteiger partial charge in [-0.3, -0.25) is 9.97 Å². The normalized spacial score (nSPS) is 10.4. The molecule has 0 saturated carbocycles. The van der Waals surface area contributed by atoms with Crippen LogP contribution in [0.5, 0.6) is 0 Å². The quantitative estimate of drug-likeness (QED) is 0.845. The fourth-order valence-corrected chi connectivity index (χ4v) is 1.71. The minimum Gasteiger partial charge on any atom is -0.478 e. The zero-order valence-electron chi connectivity index (χ0n) is 6.94. The first-order chi connectivity index (χ1) is 6.68. The highest BCUT2D eigenvalue weighted by Crippen LogP contribution is 2.22. The molecule has 0 bridgehead atoms. The Balaban J connectivity index is 2.78. The Kier molecular flexibility index (Phi) is 2.17. The summed E-state index contributed by atoms with van der Waals surface area (Å²) in [6.45, 7) is 0. The molecule has 0 aliphatic carbocycles. The summed E-state index contributed by atoms with van der Waals surface area (Å²) < 4.78 is 0.639. The van der Waals surface area contributed by atoms with Crippen LogP contribution in [0.3, 0.4) is 0 Å². The van der Waals surface area contributed by atoms with Crippen LogP contribution in [0.25, 0.3) is 11.0 Å². The Morgan fingerprint density at radius 2 is 2.00 bits per heavy atom. The molecular formula is C9H5BrN2O2. The van der Waals surface area contributed by atoms with Crippen molar-refractivity contribution < 1.29 is 9.90 Å². The van der Waals surface area contributed by atoms with E-state index in [0.29, 0.717) is 15.5 Å². The van der Waals surface area contributed by atoms with Crippen molar-refractivity contribution in [3.63, 3.8) is 0 Å². The molecule has 5 heteroatoms. The van der Waals surface area contributed by atoms with Crippen LogP contribution in [0, 0.1) is 0 Å². The molecule has 0 aliphatic heterocycles. The van der Waals surface area contributed by atoms with Gasteiger partial charge < -0.3 is 5.11 Å². The van der Waals surface area contributed by atoms with E-state index < -0.39 is 5.97 Å². The smallest absolute Gasteiger partial charge is 0.335 e. The fourth-order valence-electron chi connectivity index (χ4n) is 1.16. The Hall–Kier alpha value is -1.49. The molecule has 14 heavy (non-hydrogen) atoms. The Bertz CT molecular complexity index is 513. The maximum Gasteiger partial charge on any atom is 0.335 e. The van der Waals surface area contributed by atoms with Gasteiger partial charge in [0.25, 0.3) is 0 Å². The molecule has 2 rings (SSSR count). The molecular weight excluding hydrogens is 248 g/mol. The van der Waals surface area contributed by atoms with E-state index in [0.717, 1.165) is 0 Å². The average molecular weight is 253 g/mol. The van der Waals surface area contributed by atoms with E-state index in [1.165, 1.54) is 18.3 Å². The predicted molar refractivity (Wildman–Crippen MR) is 54.2 cm³/mol. The number of halogens is 1. The second kappa shape index (κ2) is 3.34. The van der Waals surface area contributed by atoms with Crippen LogP contribution in [-0.4, -0.2) is 21.0 Å². The number of fused-ring (bicyclic) bond motifs is 1. The van der Waals surface area contributed by atoms with E-state index in [4.69, 9.17) is 5.11 Å². The van der Waals surface area contributed by atoms with Crippen molar-refractivity contribution in [2.75, 3.05) is 0 Å². The average Bonchev–Trinajstić information content (AvgIpc) is 2.17. The number of hydrogen-bond acceptors (Lipinski definition) is 3. The first-order valence-electron chi connectivity index (χ1n) is 3.82. The van der Waals surface area contributed by atoms with Crippen molar-refractivity contribution in [3.8, 4) is 0 Å². The van der Waals surface area contributed by atoms with Gasteiger partial charge in [-0.2, -0.15) is 0 Å². The van der Waals surface area contributed by atoms with Crippen molar-refractivity contribution in [2.24, 2.45) is 0 Å². The SMILES string of the molecule is O=C(O)c1cc(Br)c2nccnc2c1. The molecule has 70 valence electrons. The second-order valence-electron chi connectivity index (χ2n) is 2.69. The standard InChI is InChI=1S/C9H5BrN2O2/c10-6-3-5(9(13)14)4-7-8(6)12-2-1-11-7/h1-4H,(H,13,14). The molecule has 0 atom stereocenters. The monoisotopic (exact) mass is 252 g/mol. The van der Waals surface area contributed by atoms with Crippen molar-refractivity contribution in [1.82, 2.24) is 9.97 Å². The Labute approximate surface area is 87.7 Å². The van der Waals surface area contributed by atoms with Crippen molar-refractivity contribution >= 4 is 32.9 Å². The molecule has 1 heterocycles. The molecule has 1 aromatic heterocycles. The van der Waals surface area contributed by atoms with Gasteiger partial charge in [-0.1, -0.05) is 0 Å². The van der Waals surface area contributed by atoms with Gasteiger partial charge >= 0.3 is 5.97 Å². The number of aromatic nitrogens is 2. The summed E-state index contributed by atoms with van der Waals surface area (Å²) in [7, 11) is 0. The highest BCUT2D eigenvalue weighted by atomic mass is 79.9. The van der Waals surface area contributed by atoms with Crippen LogP contribution in [0.2, 0.25) is 0 Å². The third kappa shape index (κ3) is 1.46. The first kappa shape index (κ1) is 9.08. The molecule has 0 amide bonds. The second-order valence-corrected chi connectivity index (χ2v) is 3.54. The Morgan fingerprint density at radius 1 is 1.29 bits per heavy atom. The van der Waals surface area contributed by atoms with E-state index in [1.807, 2.05) is 0 Å². The number of carboxylic acids is 1. The molecule has 4 nitrogen and oxygen atoms in total. The maximum atomic E-state index is 10.7. The van der Waals surface area contributed by atoms with Gasteiger partial charge in [0.1, 0.15) is 5.52 Å². The zero-order valence-corrected chi connectivity index (χ0v) is 8.52. The zero-order chi connectivity index (χ0) is 10.1. The minimum absolute atomic E-state index is 0.199. The topological polar surface area (TPSA) is 63.1 Å². The van der Waals surface area contributed by atoms with E-state index in [2.05, 4.69) is 25.9 Å². The number of nitrogens with zero attached hydrogens (tertiary/aromatic N) is 2. The van der Waals surface area contributed by atoms with Gasteiger partial charge in [0.05, 0.1) is 11.1 Å². The van der Waals surface area contributed by atoms with E-state index in [9.17, 15) is 4.79 Å². The summed E-state index contributed by atoms with van der Waals surface area (Å²) in [5.41, 5.74) is 1.43. The molecule has 1 N–H and O–H groups in total. The summed E-state index contributed by atoms with van der Waals surface area (Å²) >= 11 is 3.25. The third-order valence-corrected chi connectivity index (χ3v) is 2.38. The van der Waals surface area contributed by atoms with E-state index >= 15 is 0 Å². The molecule has 0 unspecified atom stereocenters. The lowest BCUT2D eigenvalue weighted by Crippen LogP contribution is -1.97. The highest BCUT2D eigenvalue weighted by molar-refractivity contribution is 9.10. The van der Waals surface area contributed by atoms with Crippen LogP contribution in [-0.2, 0) is 0 Å². The number of aromatic carboxylic acids is 1. The van der Waals surface area contributed by atoms with Gasteiger partial charge in [-0.05, 0) is 28.1 Å². The number of benzene rings is 1. The lowest BCUT2D eigenvalue weighted by atomic mass is 10.2. The summed E-state index contributed by atoms with van der Waals surface area (Å²) in [6, 6.07) is 3.01. The molecule has 2 aromatic rings. The van der Waals surface area contributed by atoms with Crippen LogP contribution >= 0.6 is 15.9 Å². The van der Waals surface area contributed by atoms with Crippen LogP contribution in [0.4, 0.5) is 0 Å². The van der Waals surface area contributed by atoms with Crippen LogP contribution < -0.4 is 0 Å². The summed E-state index contributed by atoms with van der Waals surface area (Å²) in [5.74, 6) is -0.974. The summed E-state index contributed by atoms with van der Waals surface area (Å²) in [4.78, 5) is 18.8. The molecule has 0 fully saturated rings. The lowest BCUT2D eigenvalue weighted by molar-refractivity contribution is 0.0697. The Morgan fingerprint density at radius 3 is 2.71 bits per heavy atom. The molecule has 0 spiro atoms.